The summed E-state index contributed by atoms with van der Waals surface area (Å²) in [6.45, 7) is 7.56. The Bertz CT molecular complexity index is 1180. The number of aromatic hydroxyl groups is 1. The number of benzene rings is 1. The van der Waals surface area contributed by atoms with Gasteiger partial charge in [-0.3, -0.25) is 14.3 Å². The Kier molecular flexibility index (Phi) is 6.53. The van der Waals surface area contributed by atoms with E-state index in [1.165, 1.54) is 4.57 Å². The molecule has 4 rings (SSSR count). The molecule has 1 aliphatic rings. The number of aromatic nitrogens is 2. The second-order valence-electron chi connectivity index (χ2n) is 7.82. The van der Waals surface area contributed by atoms with Gasteiger partial charge in [-0.1, -0.05) is 29.8 Å². The molecule has 8 nitrogen and oxygen atoms in total. The first-order valence-electron chi connectivity index (χ1n) is 10.8. The van der Waals surface area contributed by atoms with Crippen molar-refractivity contribution < 1.29 is 19.4 Å². The molecule has 1 aliphatic heterocycles. The molecule has 1 N–H and O–H groups in total. The van der Waals surface area contributed by atoms with Gasteiger partial charge in [0.25, 0.3) is 5.56 Å². The second kappa shape index (κ2) is 9.50. The van der Waals surface area contributed by atoms with Crippen LogP contribution in [0.2, 0.25) is 0 Å². The van der Waals surface area contributed by atoms with E-state index in [2.05, 4.69) is 9.88 Å². The van der Waals surface area contributed by atoms with Gasteiger partial charge in [-0.15, -0.1) is 0 Å². The molecule has 0 bridgehead atoms. The molecule has 0 amide bonds. The van der Waals surface area contributed by atoms with Gasteiger partial charge in [0.1, 0.15) is 11.4 Å². The average molecular weight is 437 g/mol. The van der Waals surface area contributed by atoms with Crippen LogP contribution < -0.4 is 5.56 Å². The van der Waals surface area contributed by atoms with Crippen LogP contribution in [-0.2, 0) is 16.0 Å². The number of carbonyl (C=O) groups excluding carboxylic acids is 1. The predicted octanol–water partition coefficient (Wildman–Crippen LogP) is 2.59. The number of fused-ring (bicyclic) bond motifs is 1. The zero-order valence-corrected chi connectivity index (χ0v) is 18.3. The fourth-order valence-corrected chi connectivity index (χ4v) is 3.88. The highest BCUT2D eigenvalue weighted by Gasteiger charge is 2.25. The number of aryl methyl sites for hydroxylation is 1. The Labute approximate surface area is 186 Å². The summed E-state index contributed by atoms with van der Waals surface area (Å²) in [5.41, 5.74) is 2.21. The van der Waals surface area contributed by atoms with E-state index in [-0.39, 0.29) is 12.2 Å². The van der Waals surface area contributed by atoms with E-state index in [4.69, 9.17) is 9.47 Å². The monoisotopic (exact) mass is 437 g/mol. The molecular formula is C24H27N3O5. The fourth-order valence-electron chi connectivity index (χ4n) is 3.88. The van der Waals surface area contributed by atoms with E-state index in [9.17, 15) is 14.7 Å². The molecule has 0 radical (unpaired) electrons. The average Bonchev–Trinajstić information content (AvgIpc) is 2.80. The van der Waals surface area contributed by atoms with E-state index >= 15 is 0 Å². The highest BCUT2D eigenvalue weighted by molar-refractivity contribution is 5.99. The lowest BCUT2D eigenvalue weighted by molar-refractivity contribution is 0.0364. The molecule has 0 unspecified atom stereocenters. The molecule has 0 aliphatic carbocycles. The van der Waals surface area contributed by atoms with Crippen molar-refractivity contribution in [1.82, 2.24) is 14.5 Å². The Hall–Kier alpha value is -3.23. The molecular weight excluding hydrogens is 410 g/mol. The minimum absolute atomic E-state index is 0.102. The normalized spacial score (nSPS) is 14.6. The van der Waals surface area contributed by atoms with Crippen LogP contribution in [0.5, 0.6) is 5.75 Å². The maximum absolute atomic E-state index is 13.2. The summed E-state index contributed by atoms with van der Waals surface area (Å²) < 4.78 is 11.9. The van der Waals surface area contributed by atoms with Gasteiger partial charge < -0.3 is 14.6 Å². The third-order valence-corrected chi connectivity index (χ3v) is 5.68. The summed E-state index contributed by atoms with van der Waals surface area (Å²) in [6, 6.07) is 9.68. The molecule has 32 heavy (non-hydrogen) atoms. The molecule has 3 aromatic rings. The van der Waals surface area contributed by atoms with Crippen LogP contribution in [0.3, 0.4) is 0 Å². The van der Waals surface area contributed by atoms with Crippen molar-refractivity contribution in [2.24, 2.45) is 0 Å². The van der Waals surface area contributed by atoms with Crippen LogP contribution in [0, 0.1) is 6.92 Å². The number of carbonyl (C=O) groups is 1. The lowest BCUT2D eigenvalue weighted by Crippen LogP contribution is -2.40. The smallest absolute Gasteiger partial charge is 0.347 e. The van der Waals surface area contributed by atoms with Gasteiger partial charge in [0.15, 0.2) is 5.56 Å². The number of hydrogen-bond acceptors (Lipinski definition) is 7. The number of pyridine rings is 2. The molecule has 0 atom stereocenters. The maximum Gasteiger partial charge on any atom is 0.347 e. The van der Waals surface area contributed by atoms with Crippen LogP contribution in [0.4, 0.5) is 0 Å². The summed E-state index contributed by atoms with van der Waals surface area (Å²) in [5.74, 6) is -1.23. The van der Waals surface area contributed by atoms with Crippen molar-refractivity contribution in [1.29, 1.82) is 0 Å². The fraction of sp³-hybridized carbons (Fsp3) is 0.375. The zero-order chi connectivity index (χ0) is 22.7. The molecule has 0 saturated carbocycles. The molecule has 168 valence electrons. The molecule has 3 heterocycles. The Balaban J connectivity index is 1.83. The van der Waals surface area contributed by atoms with Crippen LogP contribution in [-0.4, -0.2) is 65.0 Å². The van der Waals surface area contributed by atoms with Gasteiger partial charge >= 0.3 is 5.97 Å². The number of nitrogens with zero attached hydrogens (tertiary/aromatic N) is 3. The SMILES string of the molecule is CCOC(=O)c1c(O)c2cc(-c3ccc(C)cc3)cnc2n(CCN2CCOCC2)c1=O. The standard InChI is InChI=1S/C24H27N3O5/c1-3-32-24(30)20-21(28)19-14-18(17-6-4-16(2)5-7-17)15-25-22(19)27(23(20)29)9-8-26-10-12-31-13-11-26/h4-7,14-15,28H,3,8-13H2,1-2H3. The van der Waals surface area contributed by atoms with E-state index in [0.29, 0.717) is 37.3 Å². The maximum atomic E-state index is 13.2. The van der Waals surface area contributed by atoms with Gasteiger partial charge in [0, 0.05) is 37.9 Å². The highest BCUT2D eigenvalue weighted by Crippen LogP contribution is 2.30. The van der Waals surface area contributed by atoms with Crippen LogP contribution in [0.15, 0.2) is 41.3 Å². The lowest BCUT2D eigenvalue weighted by atomic mass is 10.0. The quantitative estimate of drug-likeness (QED) is 0.593. The van der Waals surface area contributed by atoms with Crippen molar-refractivity contribution in [3.63, 3.8) is 0 Å². The number of esters is 1. The predicted molar refractivity (Wildman–Crippen MR) is 121 cm³/mol. The van der Waals surface area contributed by atoms with Gasteiger partial charge in [-0.05, 0) is 25.5 Å². The molecule has 1 fully saturated rings. The largest absolute Gasteiger partial charge is 0.506 e. The number of rotatable bonds is 6. The Morgan fingerprint density at radius 1 is 1.16 bits per heavy atom. The van der Waals surface area contributed by atoms with Gasteiger partial charge in [-0.25, -0.2) is 9.78 Å². The topological polar surface area (TPSA) is 93.9 Å². The summed E-state index contributed by atoms with van der Waals surface area (Å²) in [5, 5.41) is 11.2. The van der Waals surface area contributed by atoms with Crippen molar-refractivity contribution in [2.45, 2.75) is 20.4 Å². The van der Waals surface area contributed by atoms with Gasteiger partial charge in [-0.2, -0.15) is 0 Å². The van der Waals surface area contributed by atoms with E-state index in [1.807, 2.05) is 31.2 Å². The van der Waals surface area contributed by atoms with Crippen LogP contribution in [0.1, 0.15) is 22.8 Å². The van der Waals surface area contributed by atoms with Gasteiger partial charge in [0.2, 0.25) is 0 Å². The summed E-state index contributed by atoms with van der Waals surface area (Å²) >= 11 is 0. The first-order chi connectivity index (χ1) is 15.5. The molecule has 1 aromatic carbocycles. The molecule has 2 aromatic heterocycles. The molecule has 1 saturated heterocycles. The number of morpholine rings is 1. The van der Waals surface area contributed by atoms with Crippen LogP contribution >= 0.6 is 0 Å². The third-order valence-electron chi connectivity index (χ3n) is 5.68. The molecule has 0 spiro atoms. The van der Waals surface area contributed by atoms with E-state index < -0.39 is 17.3 Å². The summed E-state index contributed by atoms with van der Waals surface area (Å²) in [4.78, 5) is 32.5. The van der Waals surface area contributed by atoms with Crippen molar-refractivity contribution in [2.75, 3.05) is 39.5 Å². The molecule has 8 heteroatoms. The zero-order valence-electron chi connectivity index (χ0n) is 18.3. The van der Waals surface area contributed by atoms with Crippen molar-refractivity contribution >= 4 is 17.0 Å². The van der Waals surface area contributed by atoms with Gasteiger partial charge in [0.05, 0.1) is 25.2 Å². The Morgan fingerprint density at radius 3 is 2.56 bits per heavy atom. The summed E-state index contributed by atoms with van der Waals surface area (Å²) in [6.07, 6.45) is 1.68. The first-order valence-corrected chi connectivity index (χ1v) is 10.8. The van der Waals surface area contributed by atoms with E-state index in [0.717, 1.165) is 29.8 Å². The second-order valence-corrected chi connectivity index (χ2v) is 7.82. The van der Waals surface area contributed by atoms with Crippen molar-refractivity contribution in [3.8, 4) is 16.9 Å². The van der Waals surface area contributed by atoms with Crippen LogP contribution in [0.25, 0.3) is 22.2 Å². The highest BCUT2D eigenvalue weighted by atomic mass is 16.5. The third kappa shape index (κ3) is 4.37. The summed E-state index contributed by atoms with van der Waals surface area (Å²) in [7, 11) is 0. The Morgan fingerprint density at radius 2 is 1.88 bits per heavy atom. The number of ether oxygens (including phenoxy) is 2. The minimum atomic E-state index is -0.835. The van der Waals surface area contributed by atoms with E-state index in [1.54, 1.807) is 19.2 Å². The van der Waals surface area contributed by atoms with Crippen molar-refractivity contribution in [3.05, 3.63) is 58.0 Å². The lowest BCUT2D eigenvalue weighted by Gasteiger charge is -2.27. The number of hydrogen-bond donors (Lipinski definition) is 1. The first kappa shape index (κ1) is 22.0. The minimum Gasteiger partial charge on any atom is -0.506 e.